The van der Waals surface area contributed by atoms with Crippen LogP contribution in [0, 0.1) is 11.8 Å². The molecular formula is C14H23NO4. The van der Waals surface area contributed by atoms with E-state index in [0.717, 1.165) is 25.7 Å². The highest BCUT2D eigenvalue weighted by molar-refractivity contribution is 5.81. The van der Waals surface area contributed by atoms with Crippen LogP contribution in [0.2, 0.25) is 0 Å². The van der Waals surface area contributed by atoms with Gasteiger partial charge in [-0.05, 0) is 58.3 Å². The summed E-state index contributed by atoms with van der Waals surface area (Å²) in [5.74, 6) is -0.326. The Hall–Kier alpha value is -1.26. The van der Waals surface area contributed by atoms with Gasteiger partial charge in [0.15, 0.2) is 0 Å². The molecule has 2 fully saturated rings. The molecule has 1 saturated carbocycles. The number of carbonyl (C=O) groups excluding carboxylic acids is 1. The van der Waals surface area contributed by atoms with Gasteiger partial charge in [0.2, 0.25) is 0 Å². The zero-order chi connectivity index (χ0) is 14.2. The molecule has 1 N–H and O–H groups in total. The predicted molar refractivity (Wildman–Crippen MR) is 69.8 cm³/mol. The van der Waals surface area contributed by atoms with Crippen molar-refractivity contribution in [3.05, 3.63) is 0 Å². The minimum atomic E-state index is -0.901. The number of hydrogen-bond donors (Lipinski definition) is 1. The molecule has 5 nitrogen and oxygen atoms in total. The second-order valence-corrected chi connectivity index (χ2v) is 6.60. The van der Waals surface area contributed by atoms with Gasteiger partial charge in [-0.2, -0.15) is 0 Å². The normalized spacial score (nSPS) is 28.1. The summed E-state index contributed by atoms with van der Waals surface area (Å²) in [7, 11) is 0. The maximum atomic E-state index is 12.2. The molecule has 2 rings (SSSR count). The molecule has 0 bridgehead atoms. The number of aliphatic carboxylic acids is 1. The zero-order valence-electron chi connectivity index (χ0n) is 11.9. The van der Waals surface area contributed by atoms with Crippen LogP contribution in [0.25, 0.3) is 0 Å². The van der Waals surface area contributed by atoms with Crippen molar-refractivity contribution in [1.29, 1.82) is 0 Å². The van der Waals surface area contributed by atoms with Crippen LogP contribution in [0.3, 0.4) is 0 Å². The van der Waals surface area contributed by atoms with Crippen LogP contribution in [0.5, 0.6) is 0 Å². The van der Waals surface area contributed by atoms with E-state index in [4.69, 9.17) is 4.74 Å². The highest BCUT2D eigenvalue weighted by Gasteiger charge is 2.47. The SMILES string of the molecule is CC(C)(C)OC(=O)N1CCC[C@@H](C2CC2)[C@H]1C(=O)O. The van der Waals surface area contributed by atoms with Crippen molar-refractivity contribution in [2.24, 2.45) is 11.8 Å². The number of hydrogen-bond acceptors (Lipinski definition) is 3. The molecule has 0 aromatic rings. The van der Waals surface area contributed by atoms with Gasteiger partial charge in [-0.15, -0.1) is 0 Å². The largest absolute Gasteiger partial charge is 0.480 e. The summed E-state index contributed by atoms with van der Waals surface area (Å²) in [6, 6.07) is -0.712. The summed E-state index contributed by atoms with van der Waals surface area (Å²) >= 11 is 0. The van der Waals surface area contributed by atoms with Crippen LogP contribution in [-0.2, 0) is 9.53 Å². The number of piperidine rings is 1. The van der Waals surface area contributed by atoms with Crippen LogP contribution in [0.1, 0.15) is 46.5 Å². The van der Waals surface area contributed by atoms with Gasteiger partial charge < -0.3 is 9.84 Å². The number of carboxylic acids is 1. The maximum absolute atomic E-state index is 12.2. The molecule has 0 unspecified atom stereocenters. The van der Waals surface area contributed by atoms with Crippen molar-refractivity contribution in [2.45, 2.75) is 58.1 Å². The highest BCUT2D eigenvalue weighted by Crippen LogP contribution is 2.44. The third kappa shape index (κ3) is 3.39. The lowest BCUT2D eigenvalue weighted by atomic mass is 9.85. The van der Waals surface area contributed by atoms with Gasteiger partial charge in [-0.3, -0.25) is 4.90 Å². The molecule has 2 aliphatic rings. The van der Waals surface area contributed by atoms with Gasteiger partial charge >= 0.3 is 12.1 Å². The molecule has 1 saturated heterocycles. The number of carbonyl (C=O) groups is 2. The number of carboxylic acid groups (broad SMARTS) is 1. The quantitative estimate of drug-likeness (QED) is 0.836. The van der Waals surface area contributed by atoms with Crippen LogP contribution in [-0.4, -0.2) is 40.3 Å². The lowest BCUT2D eigenvalue weighted by Crippen LogP contribution is -2.54. The van der Waals surface area contributed by atoms with Gasteiger partial charge in [-0.1, -0.05) is 0 Å². The number of rotatable bonds is 2. The molecule has 0 aromatic heterocycles. The van der Waals surface area contributed by atoms with Crippen molar-refractivity contribution in [3.63, 3.8) is 0 Å². The molecule has 2 atom stereocenters. The van der Waals surface area contributed by atoms with E-state index in [2.05, 4.69) is 0 Å². The van der Waals surface area contributed by atoms with Crippen LogP contribution in [0.15, 0.2) is 0 Å². The first-order valence-electron chi connectivity index (χ1n) is 7.02. The second kappa shape index (κ2) is 5.02. The lowest BCUT2D eigenvalue weighted by molar-refractivity contribution is -0.147. The van der Waals surface area contributed by atoms with Gasteiger partial charge in [-0.25, -0.2) is 9.59 Å². The van der Waals surface area contributed by atoms with E-state index in [1.807, 2.05) is 0 Å². The second-order valence-electron chi connectivity index (χ2n) is 6.60. The molecule has 1 amide bonds. The summed E-state index contributed by atoms with van der Waals surface area (Å²) in [5, 5.41) is 9.45. The van der Waals surface area contributed by atoms with Crippen molar-refractivity contribution >= 4 is 12.1 Å². The fourth-order valence-electron chi connectivity index (χ4n) is 2.89. The Morgan fingerprint density at radius 3 is 2.32 bits per heavy atom. The Kier molecular flexibility index (Phi) is 3.74. The average molecular weight is 269 g/mol. The van der Waals surface area contributed by atoms with E-state index in [9.17, 15) is 14.7 Å². The third-order valence-corrected chi connectivity index (χ3v) is 3.79. The van der Waals surface area contributed by atoms with Crippen LogP contribution >= 0.6 is 0 Å². The summed E-state index contributed by atoms with van der Waals surface area (Å²) < 4.78 is 5.33. The maximum Gasteiger partial charge on any atom is 0.411 e. The molecule has 1 heterocycles. The third-order valence-electron chi connectivity index (χ3n) is 3.79. The number of likely N-dealkylation sites (tertiary alicyclic amines) is 1. The van der Waals surface area contributed by atoms with E-state index in [0.29, 0.717) is 12.5 Å². The van der Waals surface area contributed by atoms with Gasteiger partial charge in [0.05, 0.1) is 0 Å². The van der Waals surface area contributed by atoms with Crippen molar-refractivity contribution < 1.29 is 19.4 Å². The number of amides is 1. The topological polar surface area (TPSA) is 66.8 Å². The molecule has 0 spiro atoms. The minimum Gasteiger partial charge on any atom is -0.480 e. The molecule has 5 heteroatoms. The predicted octanol–water partition coefficient (Wildman–Crippen LogP) is 2.50. The first-order valence-corrected chi connectivity index (χ1v) is 7.02. The monoisotopic (exact) mass is 269 g/mol. The van der Waals surface area contributed by atoms with Crippen molar-refractivity contribution in [2.75, 3.05) is 6.54 Å². The van der Waals surface area contributed by atoms with Gasteiger partial charge in [0, 0.05) is 6.54 Å². The highest BCUT2D eigenvalue weighted by atomic mass is 16.6. The average Bonchev–Trinajstić information content (AvgIpc) is 3.09. The van der Waals surface area contributed by atoms with E-state index in [-0.39, 0.29) is 5.92 Å². The fraction of sp³-hybridized carbons (Fsp3) is 0.857. The number of nitrogens with zero attached hydrogens (tertiary/aromatic N) is 1. The summed E-state index contributed by atoms with van der Waals surface area (Å²) in [6.45, 7) is 5.87. The summed E-state index contributed by atoms with van der Waals surface area (Å²) in [5.41, 5.74) is -0.591. The number of ether oxygens (including phenoxy) is 1. The zero-order valence-corrected chi connectivity index (χ0v) is 11.9. The first-order chi connectivity index (χ1) is 8.79. The van der Waals surface area contributed by atoms with Gasteiger partial charge in [0.1, 0.15) is 11.6 Å². The first kappa shape index (κ1) is 14.2. The standard InChI is InChI=1S/C14H23NO4/c1-14(2,3)19-13(18)15-8-4-5-10(9-6-7-9)11(15)12(16)17/h9-11H,4-8H2,1-3H3,(H,16,17)/t10-,11-/m0/s1. The van der Waals surface area contributed by atoms with E-state index in [1.165, 1.54) is 4.90 Å². The molecule has 0 radical (unpaired) electrons. The van der Waals surface area contributed by atoms with Crippen molar-refractivity contribution in [1.82, 2.24) is 4.90 Å². The molecule has 1 aliphatic heterocycles. The summed E-state index contributed by atoms with van der Waals surface area (Å²) in [4.78, 5) is 25.1. The van der Waals surface area contributed by atoms with Gasteiger partial charge in [0.25, 0.3) is 0 Å². The van der Waals surface area contributed by atoms with Crippen molar-refractivity contribution in [3.8, 4) is 0 Å². The summed E-state index contributed by atoms with van der Waals surface area (Å²) in [6.07, 6.45) is 3.46. The lowest BCUT2D eigenvalue weighted by Gasteiger charge is -2.39. The Morgan fingerprint density at radius 2 is 1.84 bits per heavy atom. The fourth-order valence-corrected chi connectivity index (χ4v) is 2.89. The molecule has 108 valence electrons. The molecule has 19 heavy (non-hydrogen) atoms. The Balaban J connectivity index is 2.12. The minimum absolute atomic E-state index is 0.0961. The smallest absolute Gasteiger partial charge is 0.411 e. The van der Waals surface area contributed by atoms with Crippen LogP contribution in [0.4, 0.5) is 4.79 Å². The molecule has 0 aromatic carbocycles. The Bertz CT molecular complexity index is 370. The van der Waals surface area contributed by atoms with E-state index in [1.54, 1.807) is 20.8 Å². The Morgan fingerprint density at radius 1 is 1.21 bits per heavy atom. The Labute approximate surface area is 113 Å². The molecule has 1 aliphatic carbocycles. The molecular weight excluding hydrogens is 246 g/mol. The van der Waals surface area contributed by atoms with E-state index < -0.39 is 23.7 Å². The van der Waals surface area contributed by atoms with Crippen LogP contribution < -0.4 is 0 Å². The van der Waals surface area contributed by atoms with E-state index >= 15 is 0 Å².